The maximum atomic E-state index is 11.9. The molecular formula is C11H15BrClNO4S. The zero-order chi connectivity index (χ0) is 14.5. The van der Waals surface area contributed by atoms with Crippen LogP contribution in [0.5, 0.6) is 0 Å². The van der Waals surface area contributed by atoms with Gasteiger partial charge in [-0.1, -0.05) is 11.6 Å². The molecule has 0 aliphatic rings. The minimum Gasteiger partial charge on any atom is -0.391 e. The molecule has 0 heterocycles. The van der Waals surface area contributed by atoms with Crippen LogP contribution in [-0.4, -0.2) is 39.9 Å². The van der Waals surface area contributed by atoms with Crippen molar-refractivity contribution in [3.8, 4) is 0 Å². The number of nitrogens with one attached hydrogen (secondary N) is 1. The molecule has 1 aromatic carbocycles. The molecule has 0 saturated heterocycles. The smallest absolute Gasteiger partial charge is 0.240 e. The van der Waals surface area contributed by atoms with Gasteiger partial charge >= 0.3 is 0 Å². The van der Waals surface area contributed by atoms with Crippen LogP contribution < -0.4 is 4.72 Å². The van der Waals surface area contributed by atoms with Gasteiger partial charge in [0.15, 0.2) is 0 Å². The summed E-state index contributed by atoms with van der Waals surface area (Å²) in [7, 11) is -2.13. The Balaban J connectivity index is 2.63. The van der Waals surface area contributed by atoms with Crippen molar-refractivity contribution in [1.82, 2.24) is 4.72 Å². The number of hydrogen-bond acceptors (Lipinski definition) is 4. The molecule has 1 aromatic rings. The van der Waals surface area contributed by atoms with Crippen LogP contribution in [0.15, 0.2) is 27.6 Å². The molecule has 2 N–H and O–H groups in total. The van der Waals surface area contributed by atoms with Crippen molar-refractivity contribution in [1.29, 1.82) is 0 Å². The number of halogens is 2. The number of hydrogen-bond donors (Lipinski definition) is 2. The van der Waals surface area contributed by atoms with Crippen molar-refractivity contribution in [2.24, 2.45) is 0 Å². The van der Waals surface area contributed by atoms with E-state index < -0.39 is 16.1 Å². The summed E-state index contributed by atoms with van der Waals surface area (Å²) in [6.07, 6.45) is -0.411. The molecule has 0 saturated carbocycles. The van der Waals surface area contributed by atoms with E-state index in [4.69, 9.17) is 16.3 Å². The summed E-state index contributed by atoms with van der Waals surface area (Å²) in [5.74, 6) is 0. The Kier molecular flexibility index (Phi) is 6.72. The van der Waals surface area contributed by atoms with Gasteiger partial charge in [-0.05, 0) is 40.5 Å². The second kappa shape index (κ2) is 7.56. The molecule has 1 rings (SSSR count). The lowest BCUT2D eigenvalue weighted by Gasteiger charge is -2.11. The highest BCUT2D eigenvalue weighted by Gasteiger charge is 2.15. The molecule has 0 radical (unpaired) electrons. The van der Waals surface area contributed by atoms with E-state index in [1.807, 2.05) is 0 Å². The van der Waals surface area contributed by atoms with E-state index in [1.54, 1.807) is 0 Å². The molecule has 19 heavy (non-hydrogen) atoms. The topological polar surface area (TPSA) is 75.6 Å². The van der Waals surface area contributed by atoms with E-state index in [1.165, 1.54) is 25.3 Å². The van der Waals surface area contributed by atoms with Gasteiger partial charge in [0.1, 0.15) is 0 Å². The van der Waals surface area contributed by atoms with Crippen LogP contribution >= 0.6 is 27.5 Å². The molecule has 1 unspecified atom stereocenters. The molecule has 0 amide bonds. The number of methoxy groups -OCH3 is 1. The molecule has 0 bridgehead atoms. The standard InChI is InChI=1S/C11H15BrClNO4S/c1-18-7-8(15)4-5-14-19(16,17)9-2-3-11(13)10(12)6-9/h2-3,6,8,14-15H,4-5,7H2,1H3. The summed E-state index contributed by atoms with van der Waals surface area (Å²) in [6.45, 7) is 0.307. The lowest BCUT2D eigenvalue weighted by atomic mass is 10.3. The van der Waals surface area contributed by atoms with Gasteiger partial charge in [0.05, 0.1) is 22.6 Å². The van der Waals surface area contributed by atoms with Gasteiger partial charge in [-0.2, -0.15) is 0 Å². The molecule has 8 heteroatoms. The van der Waals surface area contributed by atoms with Gasteiger partial charge < -0.3 is 9.84 Å². The number of aliphatic hydroxyl groups is 1. The minimum absolute atomic E-state index is 0.116. The van der Waals surface area contributed by atoms with Crippen molar-refractivity contribution in [3.63, 3.8) is 0 Å². The number of aliphatic hydroxyl groups excluding tert-OH is 1. The monoisotopic (exact) mass is 371 g/mol. The zero-order valence-corrected chi connectivity index (χ0v) is 13.4. The molecule has 0 aromatic heterocycles. The predicted molar refractivity (Wildman–Crippen MR) is 76.8 cm³/mol. The average molecular weight is 373 g/mol. The lowest BCUT2D eigenvalue weighted by Crippen LogP contribution is -2.28. The van der Waals surface area contributed by atoms with Crippen LogP contribution in [0.2, 0.25) is 5.02 Å². The number of sulfonamides is 1. The fourth-order valence-corrected chi connectivity index (χ4v) is 3.08. The van der Waals surface area contributed by atoms with Gasteiger partial charge in [0, 0.05) is 18.1 Å². The maximum Gasteiger partial charge on any atom is 0.240 e. The van der Waals surface area contributed by atoms with E-state index in [9.17, 15) is 13.5 Å². The summed E-state index contributed by atoms with van der Waals surface area (Å²) in [5, 5.41) is 9.85. The SMILES string of the molecule is COCC(O)CCNS(=O)(=O)c1ccc(Cl)c(Br)c1. The van der Waals surface area contributed by atoms with Gasteiger partial charge in [0.2, 0.25) is 10.0 Å². The van der Waals surface area contributed by atoms with E-state index in [2.05, 4.69) is 20.7 Å². The molecule has 5 nitrogen and oxygen atoms in total. The van der Waals surface area contributed by atoms with Crippen molar-refractivity contribution in [2.75, 3.05) is 20.3 Å². The summed E-state index contributed by atoms with van der Waals surface area (Å²) in [4.78, 5) is 0.116. The Morgan fingerprint density at radius 3 is 2.79 bits per heavy atom. The van der Waals surface area contributed by atoms with Gasteiger partial charge in [-0.3, -0.25) is 0 Å². The van der Waals surface area contributed by atoms with Crippen LogP contribution in [0.25, 0.3) is 0 Å². The van der Waals surface area contributed by atoms with Gasteiger partial charge in [-0.25, -0.2) is 13.1 Å². The first-order valence-electron chi connectivity index (χ1n) is 5.48. The number of rotatable bonds is 7. The van der Waals surface area contributed by atoms with E-state index in [-0.39, 0.29) is 24.5 Å². The molecule has 0 fully saturated rings. The Morgan fingerprint density at radius 2 is 2.21 bits per heavy atom. The summed E-state index contributed by atoms with van der Waals surface area (Å²) in [6, 6.07) is 4.34. The van der Waals surface area contributed by atoms with Crippen LogP contribution in [0.3, 0.4) is 0 Å². The van der Waals surface area contributed by atoms with Crippen LogP contribution in [-0.2, 0) is 14.8 Å². The maximum absolute atomic E-state index is 11.9. The highest BCUT2D eigenvalue weighted by Crippen LogP contribution is 2.25. The quantitative estimate of drug-likeness (QED) is 0.765. The largest absolute Gasteiger partial charge is 0.391 e. The highest BCUT2D eigenvalue weighted by molar-refractivity contribution is 9.10. The highest BCUT2D eigenvalue weighted by atomic mass is 79.9. The first-order valence-corrected chi connectivity index (χ1v) is 8.14. The first kappa shape index (κ1) is 16.9. The number of ether oxygens (including phenoxy) is 1. The Labute approximate surface area is 126 Å². The normalized spacial score (nSPS) is 13.5. The van der Waals surface area contributed by atoms with Crippen LogP contribution in [0.1, 0.15) is 6.42 Å². The van der Waals surface area contributed by atoms with Gasteiger partial charge in [0.25, 0.3) is 0 Å². The minimum atomic E-state index is -3.60. The fourth-order valence-electron chi connectivity index (χ4n) is 1.36. The third-order valence-electron chi connectivity index (χ3n) is 2.33. The molecule has 108 valence electrons. The van der Waals surface area contributed by atoms with Crippen molar-refractivity contribution in [2.45, 2.75) is 17.4 Å². The lowest BCUT2D eigenvalue weighted by molar-refractivity contribution is 0.0603. The number of benzene rings is 1. The zero-order valence-electron chi connectivity index (χ0n) is 10.3. The predicted octanol–water partition coefficient (Wildman–Crippen LogP) is 1.78. The van der Waals surface area contributed by atoms with Crippen molar-refractivity contribution in [3.05, 3.63) is 27.7 Å². The molecule has 0 aliphatic heterocycles. The summed E-state index contributed by atoms with van der Waals surface area (Å²) in [5.41, 5.74) is 0. The van der Waals surface area contributed by atoms with E-state index >= 15 is 0 Å². The fraction of sp³-hybridized carbons (Fsp3) is 0.455. The second-order valence-electron chi connectivity index (χ2n) is 3.87. The van der Waals surface area contributed by atoms with Crippen molar-refractivity contribution < 1.29 is 18.3 Å². The first-order chi connectivity index (χ1) is 8.86. The molecule has 0 spiro atoms. The molecular weight excluding hydrogens is 358 g/mol. The third kappa shape index (κ3) is 5.37. The van der Waals surface area contributed by atoms with Crippen LogP contribution in [0.4, 0.5) is 0 Å². The Morgan fingerprint density at radius 1 is 1.53 bits per heavy atom. The molecule has 1 atom stereocenters. The Bertz CT molecular complexity index is 523. The Hall–Kier alpha value is -0.180. The molecule has 0 aliphatic carbocycles. The summed E-state index contributed by atoms with van der Waals surface area (Å²) >= 11 is 8.97. The van der Waals surface area contributed by atoms with E-state index in [0.29, 0.717) is 9.50 Å². The van der Waals surface area contributed by atoms with E-state index in [0.717, 1.165) is 0 Å². The van der Waals surface area contributed by atoms with Gasteiger partial charge in [-0.15, -0.1) is 0 Å². The third-order valence-corrected chi connectivity index (χ3v) is 5.00. The van der Waals surface area contributed by atoms with Crippen LogP contribution in [0, 0.1) is 0 Å². The second-order valence-corrected chi connectivity index (χ2v) is 6.90. The van der Waals surface area contributed by atoms with Crippen molar-refractivity contribution >= 4 is 37.6 Å². The summed E-state index contributed by atoms with van der Waals surface area (Å²) < 4.78 is 31.6. The average Bonchev–Trinajstić information content (AvgIpc) is 2.32.